The molecule has 9 nitrogen and oxygen atoms in total. The van der Waals surface area contributed by atoms with Gasteiger partial charge in [-0.3, -0.25) is 4.79 Å². The van der Waals surface area contributed by atoms with Crippen molar-refractivity contribution in [1.29, 1.82) is 0 Å². The van der Waals surface area contributed by atoms with E-state index in [4.69, 9.17) is 0 Å². The van der Waals surface area contributed by atoms with Gasteiger partial charge in [-0.05, 0) is 44.9 Å². The molecule has 2 N–H and O–H groups in total. The van der Waals surface area contributed by atoms with Crippen LogP contribution in [0.1, 0.15) is 23.3 Å². The number of fused-ring (bicyclic) bond motifs is 2. The maximum absolute atomic E-state index is 12.5. The van der Waals surface area contributed by atoms with Crippen LogP contribution >= 0.6 is 0 Å². The van der Waals surface area contributed by atoms with Crippen LogP contribution in [0.4, 0.5) is 4.79 Å². The Labute approximate surface area is 158 Å². The molecule has 10 heteroatoms. The Morgan fingerprint density at radius 2 is 2.11 bits per heavy atom. The highest BCUT2D eigenvalue weighted by atomic mass is 16.2. The van der Waals surface area contributed by atoms with Crippen LogP contribution in [-0.2, 0) is 0 Å². The van der Waals surface area contributed by atoms with Gasteiger partial charge in [0.1, 0.15) is 0 Å². The van der Waals surface area contributed by atoms with Crippen molar-refractivity contribution < 1.29 is 14.6 Å². The topological polar surface area (TPSA) is 93.9 Å². The molecule has 27 heavy (non-hydrogen) atoms. The van der Waals surface area contributed by atoms with E-state index in [0.29, 0.717) is 18.8 Å². The minimum atomic E-state index is -0.446. The Bertz CT molecular complexity index is 770. The van der Waals surface area contributed by atoms with E-state index in [2.05, 4.69) is 10.4 Å². The van der Waals surface area contributed by atoms with Crippen molar-refractivity contribution in [2.45, 2.75) is 31.7 Å². The number of rotatable bonds is 4. The molecular weight excluding hydrogens is 347 g/mol. The van der Waals surface area contributed by atoms with E-state index < -0.39 is 7.05 Å². The number of likely N-dealkylation sites (N-methyl/N-ethyl adjacent to an activating group) is 1. The number of piperidine rings is 1. The third-order valence-corrected chi connectivity index (χ3v) is 5.72. The summed E-state index contributed by atoms with van der Waals surface area (Å²) in [4.78, 5) is 30.1. The van der Waals surface area contributed by atoms with Crippen LogP contribution in [-0.4, -0.2) is 93.7 Å². The van der Waals surface area contributed by atoms with Crippen molar-refractivity contribution in [3.05, 3.63) is 24.0 Å². The fourth-order valence-electron chi connectivity index (χ4n) is 3.99. The lowest BCUT2D eigenvalue weighted by atomic mass is 9.82. The first-order chi connectivity index (χ1) is 12.9. The van der Waals surface area contributed by atoms with Gasteiger partial charge in [-0.15, -0.1) is 0 Å². The van der Waals surface area contributed by atoms with E-state index in [0.717, 1.165) is 31.6 Å². The summed E-state index contributed by atoms with van der Waals surface area (Å²) in [7, 11) is 1.36. The van der Waals surface area contributed by atoms with Crippen molar-refractivity contribution >= 4 is 24.7 Å². The van der Waals surface area contributed by atoms with Crippen LogP contribution in [0, 0.1) is 0 Å². The highest BCUT2D eigenvalue weighted by molar-refractivity contribution is 6.45. The molecule has 0 spiro atoms. The zero-order valence-electron chi connectivity index (χ0n) is 15.7. The summed E-state index contributed by atoms with van der Waals surface area (Å²) in [6, 6.07) is 1.89. The van der Waals surface area contributed by atoms with E-state index in [1.54, 1.807) is 40.6 Å². The Kier molecular flexibility index (Phi) is 4.69. The third kappa shape index (κ3) is 3.46. The van der Waals surface area contributed by atoms with E-state index in [1.165, 1.54) is 0 Å². The summed E-state index contributed by atoms with van der Waals surface area (Å²) in [5, 5.41) is 17.1. The van der Waals surface area contributed by atoms with Gasteiger partial charge in [-0.2, -0.15) is 5.10 Å². The van der Waals surface area contributed by atoms with Crippen LogP contribution in [0.15, 0.2) is 18.3 Å². The molecule has 4 rings (SSSR count). The number of nitrogens with zero attached hydrogens (tertiary/aromatic N) is 5. The van der Waals surface area contributed by atoms with Crippen molar-refractivity contribution in [2.75, 3.05) is 33.2 Å². The summed E-state index contributed by atoms with van der Waals surface area (Å²) in [5.74, 6) is -0.183. The van der Waals surface area contributed by atoms with Gasteiger partial charge in [0, 0.05) is 25.8 Å². The van der Waals surface area contributed by atoms with Crippen LogP contribution < -0.4 is 5.32 Å². The highest BCUT2D eigenvalue weighted by Gasteiger charge is 2.37. The van der Waals surface area contributed by atoms with Gasteiger partial charge in [-0.25, -0.2) is 9.48 Å². The predicted molar refractivity (Wildman–Crippen MR) is 101 cm³/mol. The van der Waals surface area contributed by atoms with Crippen LogP contribution in [0.5, 0.6) is 0 Å². The fourth-order valence-corrected chi connectivity index (χ4v) is 3.99. The Morgan fingerprint density at radius 1 is 1.37 bits per heavy atom. The van der Waals surface area contributed by atoms with Crippen molar-refractivity contribution in [3.63, 3.8) is 0 Å². The minimum absolute atomic E-state index is 0.0277. The summed E-state index contributed by atoms with van der Waals surface area (Å²) >= 11 is 0. The van der Waals surface area contributed by atoms with E-state index >= 15 is 0 Å². The number of amides is 3. The van der Waals surface area contributed by atoms with Crippen LogP contribution in [0.25, 0.3) is 5.70 Å². The van der Waals surface area contributed by atoms with Gasteiger partial charge in [0.25, 0.3) is 5.91 Å². The normalized spacial score (nSPS) is 23.6. The first kappa shape index (κ1) is 18.1. The van der Waals surface area contributed by atoms with Gasteiger partial charge in [0.05, 0.1) is 18.3 Å². The molecule has 1 aromatic rings. The fraction of sp³-hybridized carbons (Fsp3) is 0.588. The van der Waals surface area contributed by atoms with E-state index in [9.17, 15) is 14.6 Å². The molecule has 0 aliphatic carbocycles. The molecular formula is C17H25BN6O3. The quantitative estimate of drug-likeness (QED) is 0.713. The second kappa shape index (κ2) is 7.01. The van der Waals surface area contributed by atoms with Gasteiger partial charge in [-0.1, -0.05) is 0 Å². The molecule has 4 heterocycles. The van der Waals surface area contributed by atoms with Crippen LogP contribution in [0.2, 0.25) is 6.82 Å². The third-order valence-electron chi connectivity index (χ3n) is 5.72. The average Bonchev–Trinajstić information content (AvgIpc) is 3.23. The smallest absolute Gasteiger partial charge is 0.376 e. The van der Waals surface area contributed by atoms with Crippen molar-refractivity contribution in [1.82, 2.24) is 29.7 Å². The van der Waals surface area contributed by atoms with E-state index in [-0.39, 0.29) is 24.0 Å². The lowest BCUT2D eigenvalue weighted by molar-refractivity contribution is 0.0916. The summed E-state index contributed by atoms with van der Waals surface area (Å²) < 4.78 is 1.69. The lowest BCUT2D eigenvalue weighted by Crippen LogP contribution is -2.49. The summed E-state index contributed by atoms with van der Waals surface area (Å²) in [6.07, 6.45) is 5.44. The number of hydrogen-bond acceptors (Lipinski definition) is 5. The highest BCUT2D eigenvalue weighted by Crippen LogP contribution is 2.24. The SMILES string of the molecule is CB(O)N1CCC(NC(=O)c2ccn(C3=CC4CN(C3)C(=O)N4C)n2)CC1. The zero-order chi connectivity index (χ0) is 19.1. The Balaban J connectivity index is 1.38. The predicted octanol–water partition coefficient (Wildman–Crippen LogP) is -0.222. The molecule has 1 aromatic heterocycles. The molecule has 1 unspecified atom stereocenters. The number of hydrogen-bond donors (Lipinski definition) is 2. The van der Waals surface area contributed by atoms with Gasteiger partial charge in [0.15, 0.2) is 5.69 Å². The Morgan fingerprint density at radius 3 is 2.78 bits per heavy atom. The van der Waals surface area contributed by atoms with Crippen molar-refractivity contribution in [3.8, 4) is 0 Å². The first-order valence-corrected chi connectivity index (χ1v) is 9.44. The molecule has 144 valence electrons. The molecule has 1 atom stereocenters. The standard InChI is InChI=1S/C17H25BN6O3/c1-18(27)23-6-3-12(4-7-23)19-16(25)15-5-8-24(20-15)14-9-13-10-22(11-14)17(26)21(13)2/h5,8-9,12-13,27H,3-4,6-7,10-11H2,1-2H3,(H,19,25). The number of aromatic nitrogens is 2. The number of carbonyl (C=O) groups excluding carboxylic acids is 2. The lowest BCUT2D eigenvalue weighted by Gasteiger charge is -2.32. The van der Waals surface area contributed by atoms with Gasteiger partial charge in [0.2, 0.25) is 0 Å². The molecule has 3 amide bonds. The van der Waals surface area contributed by atoms with Crippen molar-refractivity contribution in [2.24, 2.45) is 0 Å². The second-order valence-corrected chi connectivity index (χ2v) is 7.56. The molecule has 0 saturated carbocycles. The molecule has 0 radical (unpaired) electrons. The Hall–Kier alpha value is -2.33. The second-order valence-electron chi connectivity index (χ2n) is 7.56. The largest absolute Gasteiger partial charge is 0.437 e. The summed E-state index contributed by atoms with van der Waals surface area (Å²) in [6.45, 7) is 4.50. The maximum Gasteiger partial charge on any atom is 0.376 e. The minimum Gasteiger partial charge on any atom is -0.437 e. The number of nitrogens with one attached hydrogen (secondary N) is 1. The summed E-state index contributed by atoms with van der Waals surface area (Å²) in [5.41, 5.74) is 1.29. The molecule has 2 fully saturated rings. The van der Waals surface area contributed by atoms with Crippen LogP contribution in [0.3, 0.4) is 0 Å². The van der Waals surface area contributed by atoms with Gasteiger partial charge < -0.3 is 25.0 Å². The van der Waals surface area contributed by atoms with Gasteiger partial charge >= 0.3 is 13.1 Å². The molecule has 2 saturated heterocycles. The monoisotopic (exact) mass is 372 g/mol. The molecule has 2 bridgehead atoms. The number of urea groups is 1. The van der Waals surface area contributed by atoms with E-state index in [1.807, 2.05) is 10.9 Å². The maximum atomic E-state index is 12.5. The molecule has 3 aliphatic rings. The molecule has 0 aromatic carbocycles. The first-order valence-electron chi connectivity index (χ1n) is 9.44. The number of carbonyl (C=O) groups is 2. The molecule has 3 aliphatic heterocycles. The average molecular weight is 372 g/mol. The zero-order valence-corrected chi connectivity index (χ0v) is 15.7.